The molecule has 0 aromatic heterocycles. The van der Waals surface area contributed by atoms with Gasteiger partial charge in [-0.3, -0.25) is 5.32 Å². The Morgan fingerprint density at radius 2 is 1.17 bits per heavy atom. The van der Waals surface area contributed by atoms with E-state index in [4.69, 9.17) is 10.5 Å². The highest BCUT2D eigenvalue weighted by Crippen LogP contribution is 2.62. The Hall–Kier alpha value is -5.68. The first-order chi connectivity index (χ1) is 23.2. The zero-order chi connectivity index (χ0) is 31.4. The lowest BCUT2D eigenvalue weighted by atomic mass is 9.66. The van der Waals surface area contributed by atoms with E-state index in [2.05, 4.69) is 150 Å². The van der Waals surface area contributed by atoms with Gasteiger partial charge in [0.2, 0.25) is 0 Å². The summed E-state index contributed by atoms with van der Waals surface area (Å²) in [4.78, 5) is 0. The van der Waals surface area contributed by atoms with Crippen LogP contribution in [0.25, 0.3) is 22.3 Å². The minimum absolute atomic E-state index is 0.191. The van der Waals surface area contributed by atoms with E-state index in [1.165, 1.54) is 22.3 Å². The maximum atomic E-state index is 7.09. The van der Waals surface area contributed by atoms with Gasteiger partial charge in [0, 0.05) is 17.3 Å². The van der Waals surface area contributed by atoms with E-state index in [1.54, 1.807) is 0 Å². The topological polar surface area (TPSA) is 59.3 Å². The third-order valence-corrected chi connectivity index (χ3v) is 9.82. The highest BCUT2D eigenvalue weighted by molar-refractivity contribution is 5.89. The van der Waals surface area contributed by atoms with Crippen LogP contribution in [0.3, 0.4) is 0 Å². The predicted molar refractivity (Wildman–Crippen MR) is 190 cm³/mol. The summed E-state index contributed by atoms with van der Waals surface area (Å²) in [5, 5.41) is 7.36. The Morgan fingerprint density at radius 1 is 0.596 bits per heavy atom. The summed E-state index contributed by atoms with van der Waals surface area (Å²) in [6.07, 6.45) is 3.71. The number of nitrogens with one attached hydrogen (secondary N) is 2. The van der Waals surface area contributed by atoms with Gasteiger partial charge >= 0.3 is 0 Å². The van der Waals surface area contributed by atoms with Crippen LogP contribution in [0.15, 0.2) is 164 Å². The molecule has 1 aliphatic carbocycles. The average molecular weight is 608 g/mol. The van der Waals surface area contributed by atoms with Crippen molar-refractivity contribution in [1.82, 2.24) is 10.6 Å². The highest BCUT2D eigenvalue weighted by Gasteiger charge is 2.51. The third-order valence-electron chi connectivity index (χ3n) is 9.82. The van der Waals surface area contributed by atoms with E-state index in [1.807, 2.05) is 24.3 Å². The number of benzene rings is 6. The summed E-state index contributed by atoms with van der Waals surface area (Å²) in [6, 6.07) is 53.4. The molecule has 4 heteroatoms. The fraction of sp³-hybridized carbons (Fsp3) is 0.0698. The Labute approximate surface area is 274 Å². The summed E-state index contributed by atoms with van der Waals surface area (Å²) < 4.78 is 6.51. The smallest absolute Gasteiger partial charge is 0.132 e. The van der Waals surface area contributed by atoms with Crippen molar-refractivity contribution < 1.29 is 4.74 Å². The number of dihydropyridines is 1. The lowest BCUT2D eigenvalue weighted by Gasteiger charge is -2.39. The molecule has 47 heavy (non-hydrogen) atoms. The fourth-order valence-corrected chi connectivity index (χ4v) is 7.71. The van der Waals surface area contributed by atoms with Crippen molar-refractivity contribution in [3.05, 3.63) is 203 Å². The zero-order valence-electron chi connectivity index (χ0n) is 25.7. The van der Waals surface area contributed by atoms with Crippen LogP contribution >= 0.6 is 0 Å². The number of allylic oxidation sites excluding steroid dienone is 2. The predicted octanol–water partition coefficient (Wildman–Crippen LogP) is 8.76. The third kappa shape index (κ3) is 4.30. The summed E-state index contributed by atoms with van der Waals surface area (Å²) in [6.45, 7) is 0. The first-order valence-corrected chi connectivity index (χ1v) is 16.1. The van der Waals surface area contributed by atoms with E-state index < -0.39 is 11.6 Å². The van der Waals surface area contributed by atoms with E-state index in [0.29, 0.717) is 0 Å². The largest absolute Gasteiger partial charge is 0.457 e. The van der Waals surface area contributed by atoms with Crippen LogP contribution in [-0.2, 0) is 5.41 Å². The summed E-state index contributed by atoms with van der Waals surface area (Å²) in [5.74, 6) is 1.76. The van der Waals surface area contributed by atoms with Crippen LogP contribution in [0, 0.1) is 0 Å². The first kappa shape index (κ1) is 27.6. The number of ether oxygens (including phenoxy) is 1. The Bertz CT molecular complexity index is 2160. The van der Waals surface area contributed by atoms with Crippen molar-refractivity contribution in [2.24, 2.45) is 5.73 Å². The second-order valence-electron chi connectivity index (χ2n) is 12.4. The molecule has 0 fully saturated rings. The van der Waals surface area contributed by atoms with Gasteiger partial charge in [-0.1, -0.05) is 140 Å². The molecule has 0 saturated heterocycles. The maximum Gasteiger partial charge on any atom is 0.132 e. The van der Waals surface area contributed by atoms with Crippen LogP contribution in [0.1, 0.15) is 45.1 Å². The molecule has 0 radical (unpaired) electrons. The van der Waals surface area contributed by atoms with Crippen molar-refractivity contribution in [2.75, 3.05) is 0 Å². The molecule has 6 aromatic rings. The molecular formula is C43H33N3O. The second-order valence-corrected chi connectivity index (χ2v) is 12.4. The fourth-order valence-electron chi connectivity index (χ4n) is 7.71. The van der Waals surface area contributed by atoms with Gasteiger partial charge in [0.1, 0.15) is 17.7 Å². The molecule has 0 bridgehead atoms. The van der Waals surface area contributed by atoms with Gasteiger partial charge in [0.15, 0.2) is 0 Å². The average Bonchev–Trinajstić information content (AvgIpc) is 3.43. The number of para-hydroxylation sites is 2. The summed E-state index contributed by atoms with van der Waals surface area (Å²) in [5.41, 5.74) is 19.4. The molecular weight excluding hydrogens is 574 g/mol. The molecule has 4 N–H and O–H groups in total. The molecule has 1 spiro atoms. The molecule has 2 unspecified atom stereocenters. The van der Waals surface area contributed by atoms with Crippen LogP contribution in [0.4, 0.5) is 0 Å². The monoisotopic (exact) mass is 607 g/mol. The summed E-state index contributed by atoms with van der Waals surface area (Å²) >= 11 is 0. The van der Waals surface area contributed by atoms with E-state index in [0.717, 1.165) is 50.5 Å². The van der Waals surface area contributed by atoms with Gasteiger partial charge in [-0.2, -0.15) is 0 Å². The second kappa shape index (κ2) is 11.0. The van der Waals surface area contributed by atoms with Crippen molar-refractivity contribution in [1.29, 1.82) is 0 Å². The Kier molecular flexibility index (Phi) is 6.46. The molecule has 226 valence electrons. The number of fused-ring (bicyclic) bond motifs is 9. The number of nitrogens with two attached hydrogens (primary N) is 1. The number of hydrogen-bond donors (Lipinski definition) is 3. The Balaban J connectivity index is 1.14. The maximum absolute atomic E-state index is 7.09. The molecule has 2 aliphatic heterocycles. The van der Waals surface area contributed by atoms with Crippen LogP contribution in [-0.4, -0.2) is 6.17 Å². The number of hydrogen-bond acceptors (Lipinski definition) is 4. The lowest BCUT2D eigenvalue weighted by Crippen LogP contribution is -2.46. The van der Waals surface area contributed by atoms with Gasteiger partial charge in [0.05, 0.1) is 11.6 Å². The van der Waals surface area contributed by atoms with Crippen molar-refractivity contribution in [3.8, 4) is 22.6 Å². The minimum Gasteiger partial charge on any atom is -0.457 e. The molecule has 4 nitrogen and oxygen atoms in total. The van der Waals surface area contributed by atoms with E-state index in [9.17, 15) is 0 Å². The van der Waals surface area contributed by atoms with E-state index in [-0.39, 0.29) is 6.17 Å². The van der Waals surface area contributed by atoms with Crippen LogP contribution in [0.5, 0.6) is 11.5 Å². The van der Waals surface area contributed by atoms with Gasteiger partial charge < -0.3 is 15.8 Å². The molecule has 2 heterocycles. The normalized spacial score (nSPS) is 17.2. The minimum atomic E-state index is -0.529. The van der Waals surface area contributed by atoms with Gasteiger partial charge in [-0.05, 0) is 68.3 Å². The summed E-state index contributed by atoms with van der Waals surface area (Å²) in [7, 11) is 0. The molecule has 0 saturated carbocycles. The Morgan fingerprint density at radius 3 is 1.87 bits per heavy atom. The van der Waals surface area contributed by atoms with Crippen LogP contribution in [0.2, 0.25) is 0 Å². The first-order valence-electron chi connectivity index (χ1n) is 16.1. The van der Waals surface area contributed by atoms with Crippen molar-refractivity contribution in [2.45, 2.75) is 17.7 Å². The van der Waals surface area contributed by atoms with Gasteiger partial charge in [-0.25, -0.2) is 0 Å². The van der Waals surface area contributed by atoms with Crippen molar-refractivity contribution in [3.63, 3.8) is 0 Å². The van der Waals surface area contributed by atoms with Gasteiger partial charge in [0.25, 0.3) is 0 Å². The highest BCUT2D eigenvalue weighted by atomic mass is 16.5. The van der Waals surface area contributed by atoms with Gasteiger partial charge in [-0.15, -0.1) is 0 Å². The molecule has 3 aliphatic rings. The molecule has 2 atom stereocenters. The van der Waals surface area contributed by atoms with Crippen molar-refractivity contribution >= 4 is 11.1 Å². The number of rotatable bonds is 5. The SMILES string of the molecule is NC(NC1NC=C(c2ccccc2)C=C1c1ccccc1)c1ccc2c(c1)C1(c3ccccc3Oc3ccccc31)c1ccccc1-2. The molecule has 9 rings (SSSR count). The molecule has 0 amide bonds. The van der Waals surface area contributed by atoms with Crippen LogP contribution < -0.4 is 21.1 Å². The quantitative estimate of drug-likeness (QED) is 0.171. The molecule has 6 aromatic carbocycles. The lowest BCUT2D eigenvalue weighted by molar-refractivity contribution is 0.436. The van der Waals surface area contributed by atoms with E-state index >= 15 is 0 Å². The standard InChI is InChI=1S/C43H33N3O/c44-41(46-42-34(29-15-5-2-6-16-29)25-31(27-45-42)28-13-3-1-4-14-28)30-23-24-33-32-17-7-8-18-35(32)43(38(33)26-30)36-19-9-11-21-39(36)47-40-22-12-10-20-37(40)43/h1-27,41-42,45-46H,44H2. The zero-order valence-corrected chi connectivity index (χ0v) is 25.7.